The molecule has 6 heteroatoms. The molecule has 0 bridgehead atoms. The van der Waals surface area contributed by atoms with E-state index in [9.17, 15) is 0 Å². The minimum absolute atomic E-state index is 0.117. The van der Waals surface area contributed by atoms with Gasteiger partial charge in [-0.25, -0.2) is 15.0 Å². The third-order valence-corrected chi connectivity index (χ3v) is 10.5. The molecule has 2 aliphatic heterocycles. The van der Waals surface area contributed by atoms with Crippen molar-refractivity contribution in [1.29, 1.82) is 0 Å². The quantitative estimate of drug-likeness (QED) is 0.178. The first-order valence-corrected chi connectivity index (χ1v) is 18.2. The molecule has 0 saturated heterocycles. The zero-order valence-electron chi connectivity index (χ0n) is 29.9. The highest BCUT2D eigenvalue weighted by atomic mass is 16.5. The van der Waals surface area contributed by atoms with Crippen LogP contribution in [-0.4, -0.2) is 15.0 Å². The van der Waals surface area contributed by atoms with Crippen molar-refractivity contribution in [3.05, 3.63) is 187 Å². The number of para-hydroxylation sites is 6. The highest BCUT2D eigenvalue weighted by Gasteiger charge is 2.36. The summed E-state index contributed by atoms with van der Waals surface area (Å²) in [5.74, 6) is 3.49. The molecule has 3 heterocycles. The minimum atomic E-state index is -0.117. The number of nitrogens with zero attached hydrogens (tertiary/aromatic N) is 5. The topological polar surface area (TPSA) is 54.4 Å². The number of hydrogen-bond acceptors (Lipinski definition) is 6. The Hall–Kier alpha value is -7.05. The van der Waals surface area contributed by atoms with Gasteiger partial charge in [0.25, 0.3) is 0 Å². The molecule has 8 aromatic rings. The maximum Gasteiger partial charge on any atom is 0.164 e. The van der Waals surface area contributed by atoms with E-state index in [4.69, 9.17) is 19.7 Å². The first kappa shape index (κ1) is 31.7. The van der Waals surface area contributed by atoms with Crippen LogP contribution < -0.4 is 14.5 Å². The van der Waals surface area contributed by atoms with Crippen LogP contribution >= 0.6 is 0 Å². The molecule has 7 aromatic carbocycles. The predicted molar refractivity (Wildman–Crippen MR) is 218 cm³/mol. The van der Waals surface area contributed by atoms with Crippen molar-refractivity contribution in [2.24, 2.45) is 0 Å². The van der Waals surface area contributed by atoms with Gasteiger partial charge >= 0.3 is 0 Å². The van der Waals surface area contributed by atoms with Gasteiger partial charge in [-0.1, -0.05) is 105 Å². The molecular formula is C48H35N5O. The van der Waals surface area contributed by atoms with Crippen molar-refractivity contribution in [3.63, 3.8) is 0 Å². The summed E-state index contributed by atoms with van der Waals surface area (Å²) in [4.78, 5) is 19.7. The Bertz CT molecular complexity index is 2580. The van der Waals surface area contributed by atoms with E-state index in [1.54, 1.807) is 0 Å². The largest absolute Gasteiger partial charge is 0.453 e. The number of fused-ring (bicyclic) bond motifs is 4. The lowest BCUT2D eigenvalue weighted by molar-refractivity contribution is 0.477. The molecule has 0 spiro atoms. The van der Waals surface area contributed by atoms with Gasteiger partial charge in [0.15, 0.2) is 29.0 Å². The summed E-state index contributed by atoms with van der Waals surface area (Å²) >= 11 is 0. The first-order chi connectivity index (χ1) is 26.5. The Morgan fingerprint density at radius 1 is 0.370 bits per heavy atom. The summed E-state index contributed by atoms with van der Waals surface area (Å²) in [7, 11) is 0. The summed E-state index contributed by atoms with van der Waals surface area (Å²) < 4.78 is 6.24. The number of benzene rings is 7. The van der Waals surface area contributed by atoms with E-state index in [1.165, 1.54) is 22.5 Å². The van der Waals surface area contributed by atoms with E-state index in [-0.39, 0.29) is 5.41 Å². The summed E-state index contributed by atoms with van der Waals surface area (Å²) in [5.41, 5.74) is 11.7. The van der Waals surface area contributed by atoms with E-state index in [0.717, 1.165) is 50.9 Å². The molecule has 0 amide bonds. The van der Waals surface area contributed by atoms with Crippen LogP contribution in [-0.2, 0) is 5.41 Å². The zero-order valence-corrected chi connectivity index (χ0v) is 29.9. The highest BCUT2D eigenvalue weighted by molar-refractivity contribution is 5.88. The lowest BCUT2D eigenvalue weighted by atomic mass is 9.73. The third kappa shape index (κ3) is 5.22. The number of ether oxygens (including phenoxy) is 1. The summed E-state index contributed by atoms with van der Waals surface area (Å²) in [5, 5.41) is 0. The maximum absolute atomic E-state index is 6.24. The highest BCUT2D eigenvalue weighted by Crippen LogP contribution is 2.52. The summed E-state index contributed by atoms with van der Waals surface area (Å²) in [6.45, 7) is 4.62. The fourth-order valence-electron chi connectivity index (χ4n) is 7.80. The van der Waals surface area contributed by atoms with Gasteiger partial charge in [-0.05, 0) is 96.1 Å². The van der Waals surface area contributed by atoms with Gasteiger partial charge in [0, 0.05) is 33.5 Å². The van der Waals surface area contributed by atoms with Crippen LogP contribution in [0.25, 0.3) is 34.2 Å². The molecule has 0 atom stereocenters. The molecule has 6 nitrogen and oxygen atoms in total. The SMILES string of the molecule is CC1(C)c2ccccc2N(c2ccc(-c3nc(-c4ccccc4)nc(-c4ccc(N5c6ccccc6Oc6ccccc65)cc4)n3)cc2)c2ccccc21. The molecule has 10 rings (SSSR count). The Labute approximate surface area is 314 Å². The number of anilines is 6. The van der Waals surface area contributed by atoms with Crippen molar-refractivity contribution >= 4 is 34.1 Å². The van der Waals surface area contributed by atoms with Crippen LogP contribution in [0.15, 0.2) is 176 Å². The zero-order chi connectivity index (χ0) is 36.2. The molecular weight excluding hydrogens is 663 g/mol. The minimum Gasteiger partial charge on any atom is -0.453 e. The molecule has 0 unspecified atom stereocenters. The molecule has 54 heavy (non-hydrogen) atoms. The van der Waals surface area contributed by atoms with Crippen molar-refractivity contribution in [2.45, 2.75) is 19.3 Å². The molecule has 0 aliphatic carbocycles. The molecule has 0 saturated carbocycles. The lowest BCUT2D eigenvalue weighted by Crippen LogP contribution is -2.30. The normalized spacial score (nSPS) is 13.6. The molecule has 0 N–H and O–H groups in total. The van der Waals surface area contributed by atoms with Crippen LogP contribution in [0, 0.1) is 0 Å². The molecule has 1 aromatic heterocycles. The third-order valence-electron chi connectivity index (χ3n) is 10.5. The fourth-order valence-corrected chi connectivity index (χ4v) is 7.80. The molecule has 2 aliphatic rings. The van der Waals surface area contributed by atoms with E-state index < -0.39 is 0 Å². The maximum atomic E-state index is 6.24. The smallest absolute Gasteiger partial charge is 0.164 e. The fraction of sp³-hybridized carbons (Fsp3) is 0.0625. The Morgan fingerprint density at radius 3 is 1.19 bits per heavy atom. The van der Waals surface area contributed by atoms with Crippen molar-refractivity contribution in [2.75, 3.05) is 9.80 Å². The second-order valence-corrected chi connectivity index (χ2v) is 14.1. The lowest BCUT2D eigenvalue weighted by Gasteiger charge is -2.42. The van der Waals surface area contributed by atoms with E-state index in [0.29, 0.717) is 17.5 Å². The van der Waals surface area contributed by atoms with E-state index >= 15 is 0 Å². The number of rotatable bonds is 5. The van der Waals surface area contributed by atoms with Crippen LogP contribution in [0.2, 0.25) is 0 Å². The van der Waals surface area contributed by atoms with Crippen LogP contribution in [0.3, 0.4) is 0 Å². The van der Waals surface area contributed by atoms with Gasteiger partial charge in [-0.3, -0.25) is 0 Å². The molecule has 0 radical (unpaired) electrons. The van der Waals surface area contributed by atoms with Gasteiger partial charge < -0.3 is 14.5 Å². The molecule has 0 fully saturated rings. The van der Waals surface area contributed by atoms with E-state index in [2.05, 4.69) is 133 Å². The van der Waals surface area contributed by atoms with E-state index in [1.807, 2.05) is 66.7 Å². The van der Waals surface area contributed by atoms with Crippen molar-refractivity contribution in [3.8, 4) is 45.7 Å². The van der Waals surface area contributed by atoms with Gasteiger partial charge in [-0.15, -0.1) is 0 Å². The second kappa shape index (κ2) is 12.6. The average molecular weight is 698 g/mol. The van der Waals surface area contributed by atoms with Crippen LogP contribution in [0.5, 0.6) is 11.5 Å². The standard InChI is InChI=1S/C48H35N5O/c1-48(2)37-16-6-8-18-39(37)52(40-19-9-7-17-38(40)48)35-28-24-33(25-29-35)46-49-45(32-14-4-3-5-15-32)50-47(51-46)34-26-30-36(31-27-34)53-41-20-10-12-22-43(41)54-44-23-13-11-21-42(44)53/h3-31H,1-2H3. The Balaban J connectivity index is 1.04. The van der Waals surface area contributed by atoms with Crippen molar-refractivity contribution < 1.29 is 4.74 Å². The van der Waals surface area contributed by atoms with Gasteiger partial charge in [-0.2, -0.15) is 0 Å². The predicted octanol–water partition coefficient (Wildman–Crippen LogP) is 12.6. The number of hydrogen-bond donors (Lipinski definition) is 0. The van der Waals surface area contributed by atoms with Crippen LogP contribution in [0.1, 0.15) is 25.0 Å². The van der Waals surface area contributed by atoms with Gasteiger partial charge in [0.2, 0.25) is 0 Å². The second-order valence-electron chi connectivity index (χ2n) is 14.1. The molecule has 258 valence electrons. The van der Waals surface area contributed by atoms with Gasteiger partial charge in [0.05, 0.1) is 22.7 Å². The summed E-state index contributed by atoms with van der Waals surface area (Å²) in [6, 6.07) is 60.7. The number of aromatic nitrogens is 3. The average Bonchev–Trinajstić information content (AvgIpc) is 3.23. The van der Waals surface area contributed by atoms with Crippen molar-refractivity contribution in [1.82, 2.24) is 15.0 Å². The Morgan fingerprint density at radius 2 is 0.722 bits per heavy atom. The van der Waals surface area contributed by atoms with Gasteiger partial charge in [0.1, 0.15) is 0 Å². The monoisotopic (exact) mass is 697 g/mol. The van der Waals surface area contributed by atoms with Crippen LogP contribution in [0.4, 0.5) is 34.1 Å². The summed E-state index contributed by atoms with van der Waals surface area (Å²) in [6.07, 6.45) is 0. The first-order valence-electron chi connectivity index (χ1n) is 18.2. The Kier molecular flexibility index (Phi) is 7.37.